The molecule has 0 bridgehead atoms. The molecule has 110 valence electrons. The SMILES string of the molecule is CC(Cc1cccs1)N(C)c1ncnc2c1c(Br)nn2C. The first-order valence-electron chi connectivity index (χ1n) is 6.66. The van der Waals surface area contributed by atoms with Gasteiger partial charge in [0.1, 0.15) is 16.7 Å². The lowest BCUT2D eigenvalue weighted by Gasteiger charge is -2.26. The number of aryl methyl sites for hydroxylation is 1. The molecule has 0 aliphatic carbocycles. The molecule has 0 saturated carbocycles. The van der Waals surface area contributed by atoms with Crippen molar-refractivity contribution in [3.63, 3.8) is 0 Å². The molecule has 3 heterocycles. The van der Waals surface area contributed by atoms with Crippen LogP contribution >= 0.6 is 27.3 Å². The van der Waals surface area contributed by atoms with Crippen molar-refractivity contribution < 1.29 is 0 Å². The van der Waals surface area contributed by atoms with E-state index in [9.17, 15) is 0 Å². The molecule has 0 spiro atoms. The second-order valence-corrected chi connectivity index (χ2v) is 6.84. The Morgan fingerprint density at radius 3 is 2.95 bits per heavy atom. The molecule has 3 aromatic heterocycles. The predicted molar refractivity (Wildman–Crippen MR) is 89.9 cm³/mol. The molecule has 0 aliphatic rings. The number of nitrogens with zero attached hydrogens (tertiary/aromatic N) is 5. The Balaban J connectivity index is 1.96. The quantitative estimate of drug-likeness (QED) is 0.711. The Morgan fingerprint density at radius 1 is 1.43 bits per heavy atom. The highest BCUT2D eigenvalue weighted by Gasteiger charge is 2.19. The fraction of sp³-hybridized carbons (Fsp3) is 0.357. The van der Waals surface area contributed by atoms with E-state index in [1.165, 1.54) is 4.88 Å². The van der Waals surface area contributed by atoms with Gasteiger partial charge in [-0.25, -0.2) is 14.6 Å². The van der Waals surface area contributed by atoms with Gasteiger partial charge >= 0.3 is 0 Å². The van der Waals surface area contributed by atoms with Gasteiger partial charge in [-0.15, -0.1) is 11.3 Å². The van der Waals surface area contributed by atoms with E-state index in [0.29, 0.717) is 6.04 Å². The van der Waals surface area contributed by atoms with E-state index in [4.69, 9.17) is 0 Å². The minimum Gasteiger partial charge on any atom is -0.356 e. The summed E-state index contributed by atoms with van der Waals surface area (Å²) in [5.41, 5.74) is 0.835. The molecule has 0 radical (unpaired) electrons. The van der Waals surface area contributed by atoms with Crippen molar-refractivity contribution in [1.82, 2.24) is 19.7 Å². The van der Waals surface area contributed by atoms with E-state index in [-0.39, 0.29) is 0 Å². The first kappa shape index (κ1) is 14.5. The number of halogens is 1. The molecule has 7 heteroatoms. The number of likely N-dealkylation sites (N-methyl/N-ethyl adjacent to an activating group) is 1. The van der Waals surface area contributed by atoms with Gasteiger partial charge in [-0.1, -0.05) is 6.07 Å². The van der Waals surface area contributed by atoms with Gasteiger partial charge in [-0.3, -0.25) is 0 Å². The van der Waals surface area contributed by atoms with Crippen LogP contribution in [0, 0.1) is 0 Å². The molecule has 1 unspecified atom stereocenters. The van der Waals surface area contributed by atoms with Crippen LogP contribution < -0.4 is 4.90 Å². The lowest BCUT2D eigenvalue weighted by Crippen LogP contribution is -2.31. The van der Waals surface area contributed by atoms with Crippen molar-refractivity contribution >= 4 is 44.1 Å². The molecule has 3 aromatic rings. The largest absolute Gasteiger partial charge is 0.356 e. The summed E-state index contributed by atoms with van der Waals surface area (Å²) in [6.07, 6.45) is 2.59. The minimum atomic E-state index is 0.342. The topological polar surface area (TPSA) is 46.8 Å². The third-order valence-electron chi connectivity index (χ3n) is 3.63. The first-order valence-corrected chi connectivity index (χ1v) is 8.33. The number of rotatable bonds is 4. The Hall–Kier alpha value is -1.47. The van der Waals surface area contributed by atoms with Crippen LogP contribution in [0.15, 0.2) is 28.4 Å². The zero-order valence-corrected chi connectivity index (χ0v) is 14.5. The van der Waals surface area contributed by atoms with Gasteiger partial charge in [0.25, 0.3) is 0 Å². The Bertz CT molecular complexity index is 752. The van der Waals surface area contributed by atoms with Gasteiger partial charge < -0.3 is 4.90 Å². The van der Waals surface area contributed by atoms with Crippen LogP contribution in [0.5, 0.6) is 0 Å². The molecule has 0 amide bonds. The van der Waals surface area contributed by atoms with Crippen LogP contribution in [0.1, 0.15) is 11.8 Å². The monoisotopic (exact) mass is 365 g/mol. The highest BCUT2D eigenvalue weighted by atomic mass is 79.9. The van der Waals surface area contributed by atoms with E-state index in [1.54, 1.807) is 22.3 Å². The maximum absolute atomic E-state index is 4.47. The van der Waals surface area contributed by atoms with Gasteiger partial charge in [0.05, 0.1) is 5.39 Å². The van der Waals surface area contributed by atoms with Crippen molar-refractivity contribution in [2.24, 2.45) is 7.05 Å². The van der Waals surface area contributed by atoms with Crippen LogP contribution in [0.4, 0.5) is 5.82 Å². The van der Waals surface area contributed by atoms with E-state index >= 15 is 0 Å². The number of hydrogen-bond acceptors (Lipinski definition) is 5. The molecule has 5 nitrogen and oxygen atoms in total. The molecule has 21 heavy (non-hydrogen) atoms. The summed E-state index contributed by atoms with van der Waals surface area (Å²) < 4.78 is 2.55. The smallest absolute Gasteiger partial charge is 0.164 e. The number of aromatic nitrogens is 4. The maximum atomic E-state index is 4.47. The number of fused-ring (bicyclic) bond motifs is 1. The number of thiophene rings is 1. The van der Waals surface area contributed by atoms with Crippen LogP contribution in [0.25, 0.3) is 11.0 Å². The van der Waals surface area contributed by atoms with Gasteiger partial charge in [-0.2, -0.15) is 5.10 Å². The molecule has 1 atom stereocenters. The summed E-state index contributed by atoms with van der Waals surface area (Å²) in [5.74, 6) is 0.907. The lowest BCUT2D eigenvalue weighted by atomic mass is 10.2. The molecule has 0 fully saturated rings. The minimum absolute atomic E-state index is 0.342. The summed E-state index contributed by atoms with van der Waals surface area (Å²) in [7, 11) is 3.96. The average molecular weight is 366 g/mol. The van der Waals surface area contributed by atoms with Gasteiger partial charge in [0.2, 0.25) is 0 Å². The predicted octanol–water partition coefficient (Wildman–Crippen LogP) is 3.25. The lowest BCUT2D eigenvalue weighted by molar-refractivity contribution is 0.682. The Kier molecular flexibility index (Phi) is 3.95. The highest BCUT2D eigenvalue weighted by molar-refractivity contribution is 9.10. The standard InChI is InChI=1S/C14H16BrN5S/c1-9(7-10-5-4-6-21-10)19(2)13-11-12(15)18-20(3)14(11)17-8-16-13/h4-6,8-9H,7H2,1-3H3. The Morgan fingerprint density at radius 2 is 2.24 bits per heavy atom. The van der Waals surface area contributed by atoms with Crippen molar-refractivity contribution in [3.05, 3.63) is 33.3 Å². The zero-order chi connectivity index (χ0) is 15.0. The normalized spacial score (nSPS) is 12.8. The summed E-state index contributed by atoms with van der Waals surface area (Å²) in [6, 6.07) is 4.60. The van der Waals surface area contributed by atoms with Crippen LogP contribution in [-0.2, 0) is 13.5 Å². The van der Waals surface area contributed by atoms with Gasteiger partial charge in [0, 0.05) is 31.4 Å². The van der Waals surface area contributed by atoms with E-state index in [0.717, 1.165) is 27.9 Å². The van der Waals surface area contributed by atoms with Crippen molar-refractivity contribution in [2.75, 3.05) is 11.9 Å². The third-order valence-corrected chi connectivity index (χ3v) is 5.08. The first-order chi connectivity index (χ1) is 10.1. The molecule has 3 rings (SSSR count). The van der Waals surface area contributed by atoms with Crippen molar-refractivity contribution in [3.8, 4) is 0 Å². The maximum Gasteiger partial charge on any atom is 0.164 e. The third kappa shape index (κ3) is 2.67. The van der Waals surface area contributed by atoms with Crippen LogP contribution in [0.3, 0.4) is 0 Å². The highest BCUT2D eigenvalue weighted by Crippen LogP contribution is 2.30. The van der Waals surface area contributed by atoms with Crippen LogP contribution in [0.2, 0.25) is 0 Å². The summed E-state index contributed by atoms with van der Waals surface area (Å²) >= 11 is 5.30. The molecule has 0 aromatic carbocycles. The second kappa shape index (κ2) is 5.73. The van der Waals surface area contributed by atoms with Crippen molar-refractivity contribution in [2.45, 2.75) is 19.4 Å². The summed E-state index contributed by atoms with van der Waals surface area (Å²) in [5, 5.41) is 7.45. The van der Waals surface area contributed by atoms with Crippen LogP contribution in [-0.4, -0.2) is 32.8 Å². The van der Waals surface area contributed by atoms with Gasteiger partial charge in [-0.05, 0) is 34.3 Å². The molecular formula is C14H16BrN5S. The average Bonchev–Trinajstić information content (AvgIpc) is 3.07. The number of hydrogen-bond donors (Lipinski definition) is 0. The van der Waals surface area contributed by atoms with Gasteiger partial charge in [0.15, 0.2) is 5.65 Å². The van der Waals surface area contributed by atoms with E-state index in [2.05, 4.69) is 67.4 Å². The fourth-order valence-corrected chi connectivity index (χ4v) is 3.78. The Labute approximate surface area is 135 Å². The summed E-state index contributed by atoms with van der Waals surface area (Å²) in [6.45, 7) is 2.21. The molecule has 0 N–H and O–H groups in total. The molecule has 0 aliphatic heterocycles. The van der Waals surface area contributed by atoms with E-state index in [1.807, 2.05) is 7.05 Å². The summed E-state index contributed by atoms with van der Waals surface area (Å²) in [4.78, 5) is 12.4. The fourth-order valence-electron chi connectivity index (χ4n) is 2.36. The molecular weight excluding hydrogens is 350 g/mol. The second-order valence-electron chi connectivity index (χ2n) is 5.05. The molecule has 0 saturated heterocycles. The zero-order valence-electron chi connectivity index (χ0n) is 12.1. The van der Waals surface area contributed by atoms with E-state index < -0.39 is 0 Å². The number of anilines is 1. The van der Waals surface area contributed by atoms with Crippen molar-refractivity contribution in [1.29, 1.82) is 0 Å².